The van der Waals surface area contributed by atoms with E-state index < -0.39 is 5.79 Å². The lowest BCUT2D eigenvalue weighted by Crippen LogP contribution is -2.37. The molecule has 0 aromatic heterocycles. The molecule has 2 fully saturated rings. The number of fused-ring (bicyclic) bond motifs is 1. The fraction of sp³-hybridized carbons (Fsp3) is 0.533. The zero-order valence-corrected chi connectivity index (χ0v) is 11.2. The van der Waals surface area contributed by atoms with Gasteiger partial charge in [-0.2, -0.15) is 5.26 Å². The average Bonchev–Trinajstić information content (AvgIpc) is 2.81. The van der Waals surface area contributed by atoms with Crippen molar-refractivity contribution in [3.8, 4) is 6.07 Å². The van der Waals surface area contributed by atoms with Gasteiger partial charge in [-0.05, 0) is 19.4 Å². The quantitative estimate of drug-likeness (QED) is 0.813. The maximum atomic E-state index is 9.40. The molecule has 100 valence electrons. The molecule has 19 heavy (non-hydrogen) atoms. The number of likely N-dealkylation sites (tertiary alicyclic amines) is 1. The molecule has 0 bridgehead atoms. The Morgan fingerprint density at radius 1 is 1.32 bits per heavy atom. The zero-order chi connectivity index (χ0) is 13.5. The van der Waals surface area contributed by atoms with Gasteiger partial charge in [0.2, 0.25) is 0 Å². The SMILES string of the molecule is CC1(C)OC2CN(Cc3ccccc3)C(C#N)C2O1. The lowest BCUT2D eigenvalue weighted by atomic mass is 10.1. The van der Waals surface area contributed by atoms with E-state index in [1.165, 1.54) is 5.56 Å². The van der Waals surface area contributed by atoms with Crippen LogP contribution in [-0.4, -0.2) is 35.5 Å². The molecule has 0 saturated carbocycles. The lowest BCUT2D eigenvalue weighted by Gasteiger charge is -2.25. The molecule has 0 radical (unpaired) electrons. The Morgan fingerprint density at radius 2 is 2.05 bits per heavy atom. The van der Waals surface area contributed by atoms with Crippen molar-refractivity contribution in [1.29, 1.82) is 5.26 Å². The normalized spacial score (nSPS) is 33.0. The highest BCUT2D eigenvalue weighted by molar-refractivity contribution is 5.17. The van der Waals surface area contributed by atoms with Crippen molar-refractivity contribution in [3.63, 3.8) is 0 Å². The Balaban J connectivity index is 1.74. The number of nitrogens with zero attached hydrogens (tertiary/aromatic N) is 2. The van der Waals surface area contributed by atoms with Crippen LogP contribution in [0.25, 0.3) is 0 Å². The first kappa shape index (κ1) is 12.6. The molecule has 3 atom stereocenters. The Bertz CT molecular complexity index is 495. The smallest absolute Gasteiger partial charge is 0.163 e. The predicted octanol–water partition coefficient (Wildman–Crippen LogP) is 1.91. The molecule has 3 rings (SSSR count). The lowest BCUT2D eigenvalue weighted by molar-refractivity contribution is -0.159. The standard InChI is InChI=1S/C15H18N2O2/c1-15(2)18-13-10-17(12(8-16)14(13)19-15)9-11-6-4-3-5-7-11/h3-7,12-14H,9-10H2,1-2H3. The predicted molar refractivity (Wildman–Crippen MR) is 70.1 cm³/mol. The van der Waals surface area contributed by atoms with Crippen molar-refractivity contribution in [1.82, 2.24) is 4.90 Å². The minimum Gasteiger partial charge on any atom is -0.343 e. The number of nitriles is 1. The third-order valence-corrected chi connectivity index (χ3v) is 3.70. The summed E-state index contributed by atoms with van der Waals surface area (Å²) in [5.74, 6) is -0.566. The highest BCUT2D eigenvalue weighted by Crippen LogP contribution is 2.36. The summed E-state index contributed by atoms with van der Waals surface area (Å²) < 4.78 is 11.7. The van der Waals surface area contributed by atoms with Crippen LogP contribution >= 0.6 is 0 Å². The number of hydrogen-bond acceptors (Lipinski definition) is 4. The monoisotopic (exact) mass is 258 g/mol. The summed E-state index contributed by atoms with van der Waals surface area (Å²) in [6, 6.07) is 12.3. The van der Waals surface area contributed by atoms with Crippen molar-refractivity contribution in [3.05, 3.63) is 35.9 Å². The van der Waals surface area contributed by atoms with Crippen LogP contribution in [0.5, 0.6) is 0 Å². The maximum Gasteiger partial charge on any atom is 0.163 e. The number of hydrogen-bond donors (Lipinski definition) is 0. The van der Waals surface area contributed by atoms with Crippen molar-refractivity contribution in [2.45, 2.75) is 44.4 Å². The topological polar surface area (TPSA) is 45.5 Å². The summed E-state index contributed by atoms with van der Waals surface area (Å²) in [6.45, 7) is 5.32. The van der Waals surface area contributed by atoms with Crippen LogP contribution in [0, 0.1) is 11.3 Å². The highest BCUT2D eigenvalue weighted by atomic mass is 16.8. The molecule has 0 spiro atoms. The molecule has 3 unspecified atom stereocenters. The van der Waals surface area contributed by atoms with Crippen LogP contribution in [0.15, 0.2) is 30.3 Å². The van der Waals surface area contributed by atoms with E-state index in [9.17, 15) is 5.26 Å². The number of ether oxygens (including phenoxy) is 2. The molecule has 2 saturated heterocycles. The van der Waals surface area contributed by atoms with E-state index >= 15 is 0 Å². The van der Waals surface area contributed by atoms with E-state index in [-0.39, 0.29) is 18.2 Å². The first-order chi connectivity index (χ1) is 9.09. The first-order valence-corrected chi connectivity index (χ1v) is 6.62. The van der Waals surface area contributed by atoms with Gasteiger partial charge in [-0.1, -0.05) is 30.3 Å². The maximum absolute atomic E-state index is 9.40. The van der Waals surface area contributed by atoms with E-state index in [0.717, 1.165) is 13.1 Å². The second kappa shape index (κ2) is 4.61. The minimum atomic E-state index is -0.566. The molecular formula is C15H18N2O2. The van der Waals surface area contributed by atoms with Crippen LogP contribution in [0.4, 0.5) is 0 Å². The Labute approximate surface area is 113 Å². The van der Waals surface area contributed by atoms with E-state index in [1.807, 2.05) is 32.0 Å². The molecule has 4 nitrogen and oxygen atoms in total. The second-order valence-electron chi connectivity index (χ2n) is 5.63. The zero-order valence-electron chi connectivity index (χ0n) is 11.2. The molecule has 0 N–H and O–H groups in total. The van der Waals surface area contributed by atoms with Gasteiger partial charge >= 0.3 is 0 Å². The molecule has 2 aliphatic heterocycles. The third-order valence-electron chi connectivity index (χ3n) is 3.70. The fourth-order valence-corrected chi connectivity index (χ4v) is 2.96. The van der Waals surface area contributed by atoms with Crippen molar-refractivity contribution in [2.75, 3.05) is 6.54 Å². The van der Waals surface area contributed by atoms with Crippen LogP contribution in [0.2, 0.25) is 0 Å². The summed E-state index contributed by atoms with van der Waals surface area (Å²) in [7, 11) is 0. The van der Waals surface area contributed by atoms with Gasteiger partial charge in [0, 0.05) is 13.1 Å². The van der Waals surface area contributed by atoms with E-state index in [0.29, 0.717) is 0 Å². The van der Waals surface area contributed by atoms with Crippen molar-refractivity contribution in [2.24, 2.45) is 0 Å². The van der Waals surface area contributed by atoms with Gasteiger partial charge < -0.3 is 9.47 Å². The molecule has 1 aromatic rings. The number of rotatable bonds is 2. The summed E-state index contributed by atoms with van der Waals surface area (Å²) in [5.41, 5.74) is 1.21. The minimum absolute atomic E-state index is 0.00311. The first-order valence-electron chi connectivity index (χ1n) is 6.62. The summed E-state index contributed by atoms with van der Waals surface area (Å²) in [5, 5.41) is 9.40. The Hall–Kier alpha value is -1.41. The molecule has 4 heteroatoms. The largest absolute Gasteiger partial charge is 0.343 e. The van der Waals surface area contributed by atoms with Crippen LogP contribution in [-0.2, 0) is 16.0 Å². The summed E-state index contributed by atoms with van der Waals surface area (Å²) in [6.07, 6.45) is -0.132. The van der Waals surface area contributed by atoms with E-state index in [1.54, 1.807) is 0 Å². The van der Waals surface area contributed by atoms with Crippen molar-refractivity contribution < 1.29 is 9.47 Å². The van der Waals surface area contributed by atoms with Crippen LogP contribution < -0.4 is 0 Å². The second-order valence-corrected chi connectivity index (χ2v) is 5.63. The molecule has 1 aromatic carbocycles. The molecule has 0 aliphatic carbocycles. The fourth-order valence-electron chi connectivity index (χ4n) is 2.96. The van der Waals surface area contributed by atoms with E-state index in [2.05, 4.69) is 23.1 Å². The van der Waals surface area contributed by atoms with E-state index in [4.69, 9.17) is 9.47 Å². The van der Waals surface area contributed by atoms with Gasteiger partial charge in [-0.25, -0.2) is 0 Å². The van der Waals surface area contributed by atoms with Gasteiger partial charge in [0.1, 0.15) is 18.2 Å². The molecule has 2 heterocycles. The molecular weight excluding hydrogens is 240 g/mol. The number of benzene rings is 1. The third kappa shape index (κ3) is 2.37. The Morgan fingerprint density at radius 3 is 2.74 bits per heavy atom. The Kier molecular flexibility index (Phi) is 3.06. The molecule has 2 aliphatic rings. The van der Waals surface area contributed by atoms with Crippen LogP contribution in [0.3, 0.4) is 0 Å². The van der Waals surface area contributed by atoms with Gasteiger partial charge in [0.15, 0.2) is 5.79 Å². The van der Waals surface area contributed by atoms with Crippen molar-refractivity contribution >= 4 is 0 Å². The summed E-state index contributed by atoms with van der Waals surface area (Å²) >= 11 is 0. The average molecular weight is 258 g/mol. The van der Waals surface area contributed by atoms with Crippen LogP contribution in [0.1, 0.15) is 19.4 Å². The van der Waals surface area contributed by atoms with Gasteiger partial charge in [0.25, 0.3) is 0 Å². The summed E-state index contributed by atoms with van der Waals surface area (Å²) in [4.78, 5) is 2.14. The van der Waals surface area contributed by atoms with Gasteiger partial charge in [0.05, 0.1) is 6.07 Å². The molecule has 0 amide bonds. The highest BCUT2D eigenvalue weighted by Gasteiger charge is 2.52. The van der Waals surface area contributed by atoms with Gasteiger partial charge in [-0.3, -0.25) is 4.90 Å². The van der Waals surface area contributed by atoms with Gasteiger partial charge in [-0.15, -0.1) is 0 Å².